The topological polar surface area (TPSA) is 98.3 Å². The number of carbonyl (C=O) groups excluding carboxylic acids is 1. The van der Waals surface area contributed by atoms with Gasteiger partial charge in [0.15, 0.2) is 0 Å². The van der Waals surface area contributed by atoms with Crippen LogP contribution in [0.25, 0.3) is 11.3 Å². The van der Waals surface area contributed by atoms with Crippen LogP contribution in [0.3, 0.4) is 0 Å². The molecule has 0 saturated carbocycles. The number of nitrogen functional groups attached to an aromatic ring is 1. The Morgan fingerprint density at radius 3 is 2.91 bits per heavy atom. The second kappa shape index (κ2) is 9.23. The average molecular weight is 447 g/mol. The molecule has 8 nitrogen and oxygen atoms in total. The molecule has 0 radical (unpaired) electrons. The molecule has 4 atom stereocenters. The van der Waals surface area contributed by atoms with Crippen molar-refractivity contribution in [2.45, 2.75) is 32.0 Å². The Kier molecular flexibility index (Phi) is 6.00. The quantitative estimate of drug-likeness (QED) is 0.542. The highest BCUT2D eigenvalue weighted by molar-refractivity contribution is 5.79. The smallest absolute Gasteiger partial charge is 0.224 e. The summed E-state index contributed by atoms with van der Waals surface area (Å²) < 4.78 is 7.32. The molecule has 172 valence electrons. The lowest BCUT2D eigenvalue weighted by Crippen LogP contribution is -2.58. The zero-order chi connectivity index (χ0) is 22.8. The highest BCUT2D eigenvalue weighted by Crippen LogP contribution is 2.37. The summed E-state index contributed by atoms with van der Waals surface area (Å²) in [6, 6.07) is 15.9. The Morgan fingerprint density at radius 2 is 2.12 bits per heavy atom. The number of nitrogens with two attached hydrogens (primary N) is 1. The van der Waals surface area contributed by atoms with E-state index in [1.165, 1.54) is 0 Å². The van der Waals surface area contributed by atoms with Crippen molar-refractivity contribution in [3.63, 3.8) is 0 Å². The molecule has 3 N–H and O–H groups in total. The van der Waals surface area contributed by atoms with Gasteiger partial charge in [-0.2, -0.15) is 0 Å². The molecule has 3 aliphatic rings. The summed E-state index contributed by atoms with van der Waals surface area (Å²) in [5, 5.41) is 11.8. The van der Waals surface area contributed by atoms with E-state index in [0.29, 0.717) is 24.2 Å². The van der Waals surface area contributed by atoms with Crippen LogP contribution in [0, 0.1) is 11.8 Å². The van der Waals surface area contributed by atoms with Crippen LogP contribution < -0.4 is 15.8 Å². The van der Waals surface area contributed by atoms with Crippen LogP contribution in [-0.2, 0) is 17.9 Å². The van der Waals surface area contributed by atoms with Gasteiger partial charge in [0.05, 0.1) is 25.8 Å². The van der Waals surface area contributed by atoms with Gasteiger partial charge in [0.1, 0.15) is 11.4 Å². The lowest BCUT2D eigenvalue weighted by Gasteiger charge is -2.49. The maximum atomic E-state index is 13.0. The highest BCUT2D eigenvalue weighted by Gasteiger charge is 2.43. The van der Waals surface area contributed by atoms with Crippen LogP contribution in [-0.4, -0.2) is 52.0 Å². The Bertz CT molecular complexity index is 1130. The van der Waals surface area contributed by atoms with E-state index in [2.05, 4.69) is 20.5 Å². The molecule has 3 fully saturated rings. The van der Waals surface area contributed by atoms with Crippen molar-refractivity contribution in [3.05, 3.63) is 60.3 Å². The minimum atomic E-state index is 0.0308. The fourth-order valence-electron chi connectivity index (χ4n) is 5.22. The number of fused-ring (bicyclic) bond motifs is 3. The number of piperidine rings is 3. The summed E-state index contributed by atoms with van der Waals surface area (Å²) in [5.74, 6) is 1.37. The first-order valence-electron chi connectivity index (χ1n) is 11.5. The van der Waals surface area contributed by atoms with Gasteiger partial charge in [0.2, 0.25) is 5.91 Å². The number of rotatable bonds is 7. The van der Waals surface area contributed by atoms with E-state index in [1.54, 1.807) is 7.11 Å². The summed E-state index contributed by atoms with van der Waals surface area (Å²) in [6.45, 7) is 3.09. The predicted octanol–water partition coefficient (Wildman–Crippen LogP) is 2.56. The number of anilines is 1. The summed E-state index contributed by atoms with van der Waals surface area (Å²) in [5.41, 5.74) is 9.41. The molecular formula is C25H30N6O2. The van der Waals surface area contributed by atoms with Gasteiger partial charge in [-0.3, -0.25) is 14.4 Å². The van der Waals surface area contributed by atoms with Crippen molar-refractivity contribution in [2.24, 2.45) is 11.8 Å². The number of hydrogen-bond donors (Lipinski definition) is 2. The van der Waals surface area contributed by atoms with Gasteiger partial charge in [0.25, 0.3) is 0 Å². The summed E-state index contributed by atoms with van der Waals surface area (Å²) >= 11 is 0. The van der Waals surface area contributed by atoms with Crippen molar-refractivity contribution in [2.75, 3.05) is 25.9 Å². The van der Waals surface area contributed by atoms with Crippen LogP contribution in [0.15, 0.2) is 54.7 Å². The first kappa shape index (κ1) is 21.5. The van der Waals surface area contributed by atoms with Crippen LogP contribution in [0.5, 0.6) is 5.75 Å². The minimum Gasteiger partial charge on any atom is -0.496 e. The molecule has 1 amide bonds. The fourth-order valence-corrected chi connectivity index (χ4v) is 5.22. The van der Waals surface area contributed by atoms with E-state index >= 15 is 0 Å². The van der Waals surface area contributed by atoms with Crippen LogP contribution in [0.2, 0.25) is 0 Å². The molecule has 3 saturated heterocycles. The molecule has 0 aliphatic carbocycles. The van der Waals surface area contributed by atoms with Gasteiger partial charge in [-0.15, -0.1) is 5.10 Å². The second-order valence-electron chi connectivity index (χ2n) is 9.02. The van der Waals surface area contributed by atoms with Gasteiger partial charge >= 0.3 is 0 Å². The molecule has 6 rings (SSSR count). The van der Waals surface area contributed by atoms with Gasteiger partial charge in [0, 0.05) is 35.9 Å². The SMILES string of the molecule is COc1ccccc1CNC(=O)[C@@H]1CN2CC[C@@H]1C[C@@H]2Cn1cc(-c2cccc(N)c2)nn1. The molecule has 3 aromatic rings. The molecule has 1 aromatic heterocycles. The number of carbonyl (C=O) groups is 1. The predicted molar refractivity (Wildman–Crippen MR) is 126 cm³/mol. The van der Waals surface area contributed by atoms with Crippen molar-refractivity contribution < 1.29 is 9.53 Å². The van der Waals surface area contributed by atoms with E-state index in [4.69, 9.17) is 10.5 Å². The first-order valence-corrected chi connectivity index (χ1v) is 11.5. The van der Waals surface area contributed by atoms with E-state index in [9.17, 15) is 4.79 Å². The molecule has 8 heteroatoms. The third-order valence-electron chi connectivity index (χ3n) is 6.98. The largest absolute Gasteiger partial charge is 0.496 e. The maximum absolute atomic E-state index is 13.0. The maximum Gasteiger partial charge on any atom is 0.224 e. The fraction of sp³-hybridized carbons (Fsp3) is 0.400. The number of amides is 1. The molecule has 4 heterocycles. The lowest BCUT2D eigenvalue weighted by atomic mass is 9.75. The number of methoxy groups -OCH3 is 1. The summed E-state index contributed by atoms with van der Waals surface area (Å²) in [6.07, 6.45) is 4.05. The molecular weight excluding hydrogens is 416 g/mol. The van der Waals surface area contributed by atoms with Gasteiger partial charge < -0.3 is 15.8 Å². The first-order chi connectivity index (χ1) is 16.1. The van der Waals surface area contributed by atoms with E-state index in [-0.39, 0.29) is 11.8 Å². The van der Waals surface area contributed by atoms with Crippen molar-refractivity contribution in [3.8, 4) is 17.0 Å². The number of aromatic nitrogens is 3. The molecule has 2 bridgehead atoms. The third kappa shape index (κ3) is 4.57. The minimum absolute atomic E-state index is 0.0308. The summed E-state index contributed by atoms with van der Waals surface area (Å²) in [7, 11) is 1.65. The highest BCUT2D eigenvalue weighted by atomic mass is 16.5. The van der Waals surface area contributed by atoms with E-state index < -0.39 is 0 Å². The Labute approximate surface area is 193 Å². The van der Waals surface area contributed by atoms with Crippen molar-refractivity contribution in [1.29, 1.82) is 0 Å². The standard InChI is InChI=1S/C25H30N6O2/c1-33-24-8-3-2-5-19(24)13-27-25(32)22-15-30-10-9-17(22)12-21(30)14-31-16-23(28-29-31)18-6-4-7-20(26)11-18/h2-8,11,16-17,21-22H,9-10,12-15,26H2,1H3,(H,27,32)/t17-,21-,22-/m1/s1. The number of para-hydroxylation sites is 1. The third-order valence-corrected chi connectivity index (χ3v) is 6.98. The normalized spacial score (nSPS) is 23.9. The number of nitrogens with one attached hydrogen (secondary N) is 1. The van der Waals surface area contributed by atoms with Gasteiger partial charge in [-0.25, -0.2) is 0 Å². The van der Waals surface area contributed by atoms with Gasteiger partial charge in [-0.1, -0.05) is 35.5 Å². The van der Waals surface area contributed by atoms with Gasteiger partial charge in [-0.05, 0) is 43.5 Å². The van der Waals surface area contributed by atoms with Crippen molar-refractivity contribution >= 4 is 11.6 Å². The number of benzene rings is 2. The van der Waals surface area contributed by atoms with Crippen LogP contribution >= 0.6 is 0 Å². The number of hydrogen-bond acceptors (Lipinski definition) is 6. The number of nitrogens with zero attached hydrogens (tertiary/aromatic N) is 4. The summed E-state index contributed by atoms with van der Waals surface area (Å²) in [4.78, 5) is 15.4. The zero-order valence-corrected chi connectivity index (χ0v) is 18.9. The molecule has 0 spiro atoms. The van der Waals surface area contributed by atoms with Crippen molar-refractivity contribution in [1.82, 2.24) is 25.2 Å². The second-order valence-corrected chi connectivity index (χ2v) is 9.02. The average Bonchev–Trinajstić information content (AvgIpc) is 3.31. The number of ether oxygens (including phenoxy) is 1. The molecule has 2 aromatic carbocycles. The zero-order valence-electron chi connectivity index (χ0n) is 18.9. The van der Waals surface area contributed by atoms with Crippen LogP contribution in [0.4, 0.5) is 5.69 Å². The molecule has 3 aliphatic heterocycles. The Hall–Kier alpha value is -3.39. The van der Waals surface area contributed by atoms with E-state index in [0.717, 1.165) is 55.0 Å². The van der Waals surface area contributed by atoms with E-state index in [1.807, 2.05) is 59.4 Å². The van der Waals surface area contributed by atoms with Crippen LogP contribution in [0.1, 0.15) is 18.4 Å². The monoisotopic (exact) mass is 446 g/mol. The molecule has 33 heavy (non-hydrogen) atoms. The lowest BCUT2D eigenvalue weighted by molar-refractivity contribution is -0.133. The Balaban J connectivity index is 1.19. The molecule has 1 unspecified atom stereocenters. The Morgan fingerprint density at radius 1 is 1.24 bits per heavy atom.